The summed E-state index contributed by atoms with van der Waals surface area (Å²) >= 11 is 0. The molecule has 0 aliphatic carbocycles. The lowest BCUT2D eigenvalue weighted by Crippen LogP contribution is -2.26. The second kappa shape index (κ2) is 15.3. The fraction of sp³-hybridized carbons (Fsp3) is 0.731. The van der Waals surface area contributed by atoms with Crippen molar-refractivity contribution >= 4 is 6.29 Å². The van der Waals surface area contributed by atoms with E-state index in [2.05, 4.69) is 19.9 Å². The highest BCUT2D eigenvalue weighted by atomic mass is 16.7. The van der Waals surface area contributed by atoms with E-state index >= 15 is 0 Å². The molecule has 0 amide bonds. The Morgan fingerprint density at radius 3 is 2.00 bits per heavy atom. The second-order valence-electron chi connectivity index (χ2n) is 8.69. The normalized spacial score (nSPS) is 13.0. The average Bonchev–Trinajstić information content (AvgIpc) is 3.25. The average molecular weight is 435 g/mol. The third-order valence-electron chi connectivity index (χ3n) is 5.95. The molecule has 0 spiro atoms. The first-order chi connectivity index (χ1) is 15.2. The highest BCUT2D eigenvalue weighted by Crippen LogP contribution is 2.37. The summed E-state index contributed by atoms with van der Waals surface area (Å²) in [6.45, 7) is 7.86. The van der Waals surface area contributed by atoms with Crippen LogP contribution in [0.2, 0.25) is 0 Å². The molecule has 0 fully saturated rings. The summed E-state index contributed by atoms with van der Waals surface area (Å²) in [5, 5.41) is 0. The van der Waals surface area contributed by atoms with Gasteiger partial charge in [-0.2, -0.15) is 0 Å². The van der Waals surface area contributed by atoms with E-state index in [1.165, 1.54) is 6.29 Å². The van der Waals surface area contributed by atoms with Crippen LogP contribution in [0.15, 0.2) is 18.2 Å². The van der Waals surface area contributed by atoms with Crippen molar-refractivity contribution in [3.05, 3.63) is 23.8 Å². The predicted molar refractivity (Wildman–Crippen MR) is 124 cm³/mol. The lowest BCUT2D eigenvalue weighted by Gasteiger charge is -2.28. The van der Waals surface area contributed by atoms with Gasteiger partial charge in [0.05, 0.1) is 0 Å². The molecule has 0 aromatic heterocycles. The maximum absolute atomic E-state index is 12.4. The van der Waals surface area contributed by atoms with Gasteiger partial charge in [0.25, 0.3) is 0 Å². The summed E-state index contributed by atoms with van der Waals surface area (Å²) in [6, 6.07) is 6.05. The number of benzene rings is 1. The van der Waals surface area contributed by atoms with Crippen LogP contribution >= 0.6 is 0 Å². The minimum Gasteiger partial charge on any atom is -0.454 e. The Kier molecular flexibility index (Phi) is 12.6. The molecule has 5 heteroatoms. The molecule has 1 aromatic rings. The Balaban J connectivity index is 1.88. The molecule has 0 saturated heterocycles. The fourth-order valence-electron chi connectivity index (χ4n) is 3.98. The fourth-order valence-corrected chi connectivity index (χ4v) is 3.98. The van der Waals surface area contributed by atoms with Crippen molar-refractivity contribution in [3.63, 3.8) is 0 Å². The minimum absolute atomic E-state index is 0.272. The van der Waals surface area contributed by atoms with Crippen LogP contribution in [0.4, 0.5) is 0 Å². The van der Waals surface area contributed by atoms with Crippen molar-refractivity contribution in [1.82, 2.24) is 0 Å². The summed E-state index contributed by atoms with van der Waals surface area (Å²) in [7, 11) is 0. The van der Waals surface area contributed by atoms with Gasteiger partial charge in [0.2, 0.25) is 6.79 Å². The quantitative estimate of drug-likeness (QED) is 0.194. The molecule has 31 heavy (non-hydrogen) atoms. The summed E-state index contributed by atoms with van der Waals surface area (Å²) < 4.78 is 22.4. The van der Waals surface area contributed by atoms with E-state index in [-0.39, 0.29) is 12.2 Å². The van der Waals surface area contributed by atoms with Crippen molar-refractivity contribution in [2.45, 2.75) is 84.5 Å². The lowest BCUT2D eigenvalue weighted by molar-refractivity contribution is -0.117. The zero-order chi connectivity index (χ0) is 22.2. The third kappa shape index (κ3) is 9.61. The number of hydrogen-bond donors (Lipinski definition) is 0. The molecule has 176 valence electrons. The van der Waals surface area contributed by atoms with Crippen LogP contribution in [0.25, 0.3) is 0 Å². The van der Waals surface area contributed by atoms with E-state index in [0.29, 0.717) is 0 Å². The molecule has 5 nitrogen and oxygen atoms in total. The Morgan fingerprint density at radius 1 is 0.839 bits per heavy atom. The molecule has 0 bridgehead atoms. The first-order valence-electron chi connectivity index (χ1n) is 12.2. The van der Waals surface area contributed by atoms with Crippen molar-refractivity contribution in [1.29, 1.82) is 0 Å². The Hall–Kier alpha value is -1.59. The van der Waals surface area contributed by atoms with Crippen LogP contribution in [0.1, 0.15) is 83.6 Å². The number of ether oxygens (including phenoxy) is 4. The van der Waals surface area contributed by atoms with Gasteiger partial charge in [-0.1, -0.05) is 45.6 Å². The molecular weight excluding hydrogens is 392 g/mol. The van der Waals surface area contributed by atoms with Gasteiger partial charge >= 0.3 is 0 Å². The molecule has 0 radical (unpaired) electrons. The van der Waals surface area contributed by atoms with Crippen LogP contribution in [-0.4, -0.2) is 39.5 Å². The lowest BCUT2D eigenvalue weighted by atomic mass is 9.75. The van der Waals surface area contributed by atoms with Gasteiger partial charge in [0.1, 0.15) is 6.29 Å². The highest BCUT2D eigenvalue weighted by molar-refractivity contribution is 5.60. The predicted octanol–water partition coefficient (Wildman–Crippen LogP) is 6.12. The Morgan fingerprint density at radius 2 is 1.42 bits per heavy atom. The number of fused-ring (bicyclic) bond motifs is 1. The number of carbonyl (C=O) groups is 1. The van der Waals surface area contributed by atoms with Crippen molar-refractivity contribution in [2.24, 2.45) is 5.41 Å². The molecule has 0 saturated carbocycles. The third-order valence-corrected chi connectivity index (χ3v) is 5.95. The number of rotatable bonds is 19. The van der Waals surface area contributed by atoms with E-state index < -0.39 is 0 Å². The monoisotopic (exact) mass is 434 g/mol. The van der Waals surface area contributed by atoms with Crippen LogP contribution in [0.5, 0.6) is 11.5 Å². The first kappa shape index (κ1) is 25.7. The summed E-state index contributed by atoms with van der Waals surface area (Å²) in [5.74, 6) is 1.57. The van der Waals surface area contributed by atoms with E-state index in [1.54, 1.807) is 0 Å². The molecule has 1 aliphatic rings. The van der Waals surface area contributed by atoms with Crippen LogP contribution < -0.4 is 9.47 Å². The largest absolute Gasteiger partial charge is 0.454 e. The van der Waals surface area contributed by atoms with Gasteiger partial charge in [0.15, 0.2) is 11.5 Å². The smallest absolute Gasteiger partial charge is 0.231 e. The van der Waals surface area contributed by atoms with Gasteiger partial charge < -0.3 is 23.7 Å². The first-order valence-corrected chi connectivity index (χ1v) is 12.2. The van der Waals surface area contributed by atoms with Crippen molar-refractivity contribution in [3.8, 4) is 11.5 Å². The maximum atomic E-state index is 12.4. The Labute approximate surface area is 188 Å². The molecule has 1 aromatic carbocycles. The number of aldehydes is 1. The zero-order valence-electron chi connectivity index (χ0n) is 19.7. The van der Waals surface area contributed by atoms with Gasteiger partial charge in [-0.3, -0.25) is 0 Å². The second-order valence-corrected chi connectivity index (χ2v) is 8.69. The van der Waals surface area contributed by atoms with Crippen LogP contribution in [-0.2, 0) is 20.7 Å². The van der Waals surface area contributed by atoms with Crippen molar-refractivity contribution in [2.75, 3.05) is 33.2 Å². The van der Waals surface area contributed by atoms with Crippen LogP contribution in [0.3, 0.4) is 0 Å². The van der Waals surface area contributed by atoms with E-state index in [0.717, 1.165) is 114 Å². The Bertz CT molecular complexity index is 598. The number of unbranched alkanes of at least 4 members (excludes halogenated alkanes) is 4. The molecule has 1 heterocycles. The van der Waals surface area contributed by atoms with Gasteiger partial charge in [-0.05, 0) is 62.6 Å². The van der Waals surface area contributed by atoms with Crippen molar-refractivity contribution < 1.29 is 23.7 Å². The number of carbonyl (C=O) groups excluding carboxylic acids is 1. The van der Waals surface area contributed by atoms with Gasteiger partial charge in [0, 0.05) is 31.8 Å². The topological polar surface area (TPSA) is 54.0 Å². The zero-order valence-corrected chi connectivity index (χ0v) is 19.7. The molecular formula is C26H42O5. The molecule has 0 N–H and O–H groups in total. The molecule has 0 unspecified atom stereocenters. The summed E-state index contributed by atoms with van der Waals surface area (Å²) in [5.41, 5.74) is 0.787. The maximum Gasteiger partial charge on any atom is 0.231 e. The summed E-state index contributed by atoms with van der Waals surface area (Å²) in [6.07, 6.45) is 12.3. The standard InChI is InChI=1S/C26H42O5/c1-3-5-15-28-17-9-7-13-26(21-27,14-8-10-18-29-16-6-4-2)20-23-11-12-24-25(19-23)31-22-30-24/h11-12,19,21H,3-10,13-18,20,22H2,1-2H3. The highest BCUT2D eigenvalue weighted by Gasteiger charge is 2.30. The number of hydrogen-bond acceptors (Lipinski definition) is 5. The SMILES string of the molecule is CCCCOCCCCC(C=O)(CCCCOCCCC)Cc1ccc2c(c1)OCO2. The van der Waals surface area contributed by atoms with E-state index in [1.807, 2.05) is 12.1 Å². The molecule has 1 aliphatic heterocycles. The summed E-state index contributed by atoms with van der Waals surface area (Å²) in [4.78, 5) is 12.4. The van der Waals surface area contributed by atoms with E-state index in [9.17, 15) is 4.79 Å². The van der Waals surface area contributed by atoms with Crippen LogP contribution in [0, 0.1) is 5.41 Å². The molecule has 0 atom stereocenters. The van der Waals surface area contributed by atoms with Gasteiger partial charge in [-0.15, -0.1) is 0 Å². The molecule has 2 rings (SSSR count). The van der Waals surface area contributed by atoms with E-state index in [4.69, 9.17) is 18.9 Å². The minimum atomic E-state index is -0.347. The van der Waals surface area contributed by atoms with Gasteiger partial charge in [-0.25, -0.2) is 0 Å².